The number of ether oxygens (including phenoxy) is 1. The molecular weight excluding hydrogens is 496 g/mol. The topological polar surface area (TPSA) is 62.1 Å². The average molecular weight is 518 g/mol. The Hall–Kier alpha value is -2.10. The molecule has 1 N–H and O–H groups in total. The van der Waals surface area contributed by atoms with Crippen LogP contribution in [0.3, 0.4) is 0 Å². The maximum absolute atomic E-state index is 12.4. The van der Waals surface area contributed by atoms with Crippen LogP contribution in [0.2, 0.25) is 0 Å². The molecule has 2 aromatic carbocycles. The number of hydrogen-bond acceptors (Lipinski definition) is 3. The zero-order valence-electron chi connectivity index (χ0n) is 16.2. The minimum Gasteiger partial charge on any atom is -0.487 e. The number of rotatable bonds is 6. The number of nitrogens with zero attached hydrogens (tertiary/aromatic N) is 1. The smallest absolute Gasteiger partial charge is 0.262 e. The van der Waals surface area contributed by atoms with Crippen LogP contribution in [0.4, 0.5) is 0 Å². The second kappa shape index (κ2) is 10.1. The molecule has 6 heteroatoms. The zero-order chi connectivity index (χ0) is 20.8. The first kappa shape index (κ1) is 21.6. The van der Waals surface area contributed by atoms with Crippen molar-refractivity contribution in [2.45, 2.75) is 45.3 Å². The van der Waals surface area contributed by atoms with E-state index in [1.165, 1.54) is 5.56 Å². The molecule has 1 amide bonds. The van der Waals surface area contributed by atoms with Gasteiger partial charge in [-0.3, -0.25) is 4.79 Å². The molecular formula is C23H22Br2N2O2. The lowest BCUT2D eigenvalue weighted by Gasteiger charge is -2.13. The Morgan fingerprint density at radius 1 is 1.24 bits per heavy atom. The van der Waals surface area contributed by atoms with Crippen molar-refractivity contribution in [2.24, 2.45) is 0 Å². The molecule has 0 spiro atoms. The van der Waals surface area contributed by atoms with E-state index in [0.717, 1.165) is 45.8 Å². The van der Waals surface area contributed by atoms with Crippen molar-refractivity contribution >= 4 is 43.8 Å². The predicted octanol–water partition coefficient (Wildman–Crippen LogP) is 6.06. The van der Waals surface area contributed by atoms with Crippen LogP contribution < -0.4 is 10.1 Å². The average Bonchev–Trinajstić information content (AvgIpc) is 3.18. The van der Waals surface area contributed by atoms with Gasteiger partial charge in [-0.1, -0.05) is 42.7 Å². The molecule has 0 aromatic heterocycles. The number of benzene rings is 2. The minimum atomic E-state index is -0.314. The summed E-state index contributed by atoms with van der Waals surface area (Å²) in [5.74, 6) is 0.365. The summed E-state index contributed by atoms with van der Waals surface area (Å²) >= 11 is 7.08. The molecule has 0 bridgehead atoms. The van der Waals surface area contributed by atoms with Crippen molar-refractivity contribution in [3.63, 3.8) is 0 Å². The molecule has 2 aromatic rings. The van der Waals surface area contributed by atoms with E-state index in [1.54, 1.807) is 6.08 Å². The van der Waals surface area contributed by atoms with Gasteiger partial charge in [-0.05, 0) is 81.0 Å². The Balaban J connectivity index is 1.74. The lowest BCUT2D eigenvalue weighted by Crippen LogP contribution is -2.33. The van der Waals surface area contributed by atoms with Gasteiger partial charge in [0.05, 0.1) is 8.95 Å². The van der Waals surface area contributed by atoms with Gasteiger partial charge in [-0.2, -0.15) is 5.26 Å². The van der Waals surface area contributed by atoms with Crippen molar-refractivity contribution < 1.29 is 9.53 Å². The second-order valence-electron chi connectivity index (χ2n) is 7.22. The maximum atomic E-state index is 12.4. The number of aryl methyl sites for hydroxylation is 1. The predicted molar refractivity (Wildman–Crippen MR) is 121 cm³/mol. The third kappa shape index (κ3) is 5.94. The lowest BCUT2D eigenvalue weighted by atomic mass is 10.1. The number of halogens is 2. The fraction of sp³-hybridized carbons (Fsp3) is 0.304. The van der Waals surface area contributed by atoms with E-state index >= 15 is 0 Å². The fourth-order valence-electron chi connectivity index (χ4n) is 3.41. The summed E-state index contributed by atoms with van der Waals surface area (Å²) in [5.41, 5.74) is 3.11. The quantitative estimate of drug-likeness (QED) is 0.374. The van der Waals surface area contributed by atoms with Gasteiger partial charge in [0.1, 0.15) is 24.0 Å². The van der Waals surface area contributed by atoms with Crippen molar-refractivity contribution in [3.05, 3.63) is 67.6 Å². The van der Waals surface area contributed by atoms with E-state index < -0.39 is 0 Å². The molecule has 1 aliphatic rings. The molecule has 0 saturated heterocycles. The van der Waals surface area contributed by atoms with Crippen molar-refractivity contribution in [2.75, 3.05) is 0 Å². The van der Waals surface area contributed by atoms with Gasteiger partial charge in [0.25, 0.3) is 5.91 Å². The summed E-state index contributed by atoms with van der Waals surface area (Å²) in [5, 5.41) is 12.4. The standard InChI is InChI=1S/C23H22Br2N2O2/c1-15-5-4-6-16(9-15)14-29-22-20(24)11-17(12-21(22)25)10-18(13-26)23(28)27-19-7-2-3-8-19/h4-6,9-12,19H,2-3,7-8,14H2,1H3,(H,27,28)/b18-10-. The molecule has 3 rings (SSSR count). The first-order chi connectivity index (χ1) is 14.0. The number of carbonyl (C=O) groups is 1. The molecule has 1 aliphatic carbocycles. The summed E-state index contributed by atoms with van der Waals surface area (Å²) in [6.07, 6.45) is 5.81. The molecule has 29 heavy (non-hydrogen) atoms. The van der Waals surface area contributed by atoms with E-state index in [-0.39, 0.29) is 17.5 Å². The zero-order valence-corrected chi connectivity index (χ0v) is 19.3. The van der Waals surface area contributed by atoms with Crippen molar-refractivity contribution in [1.82, 2.24) is 5.32 Å². The van der Waals surface area contributed by atoms with E-state index in [9.17, 15) is 10.1 Å². The lowest BCUT2D eigenvalue weighted by molar-refractivity contribution is -0.117. The van der Waals surface area contributed by atoms with E-state index in [1.807, 2.05) is 43.3 Å². The second-order valence-corrected chi connectivity index (χ2v) is 8.92. The maximum Gasteiger partial charge on any atom is 0.262 e. The normalized spacial score (nSPS) is 14.5. The highest BCUT2D eigenvalue weighted by Crippen LogP contribution is 2.36. The van der Waals surface area contributed by atoms with Crippen LogP contribution in [0.1, 0.15) is 42.4 Å². The summed E-state index contributed by atoms with van der Waals surface area (Å²) in [6.45, 7) is 2.49. The number of amides is 1. The van der Waals surface area contributed by atoms with Gasteiger partial charge in [0.15, 0.2) is 0 Å². The van der Waals surface area contributed by atoms with Gasteiger partial charge in [0, 0.05) is 6.04 Å². The van der Waals surface area contributed by atoms with E-state index in [4.69, 9.17) is 4.74 Å². The van der Waals surface area contributed by atoms with Gasteiger partial charge < -0.3 is 10.1 Å². The molecule has 0 heterocycles. The van der Waals surface area contributed by atoms with E-state index in [2.05, 4.69) is 43.2 Å². The molecule has 4 nitrogen and oxygen atoms in total. The Morgan fingerprint density at radius 3 is 2.55 bits per heavy atom. The number of hydrogen-bond donors (Lipinski definition) is 1. The highest BCUT2D eigenvalue weighted by molar-refractivity contribution is 9.11. The van der Waals surface area contributed by atoms with Gasteiger partial charge in [-0.15, -0.1) is 0 Å². The van der Waals surface area contributed by atoms with Crippen LogP contribution in [0.15, 0.2) is 50.9 Å². The molecule has 1 saturated carbocycles. The van der Waals surface area contributed by atoms with Crippen LogP contribution in [0.5, 0.6) is 5.75 Å². The molecule has 0 aliphatic heterocycles. The van der Waals surface area contributed by atoms with Crippen LogP contribution in [-0.4, -0.2) is 11.9 Å². The highest BCUT2D eigenvalue weighted by Gasteiger charge is 2.19. The largest absolute Gasteiger partial charge is 0.487 e. The number of nitrogens with one attached hydrogen (secondary N) is 1. The van der Waals surface area contributed by atoms with Crippen molar-refractivity contribution in [1.29, 1.82) is 5.26 Å². The van der Waals surface area contributed by atoms with Crippen LogP contribution in [0, 0.1) is 18.3 Å². The SMILES string of the molecule is Cc1cccc(COc2c(Br)cc(/C=C(/C#N)C(=O)NC3CCCC3)cc2Br)c1. The minimum absolute atomic E-state index is 0.101. The Kier molecular flexibility index (Phi) is 7.51. The summed E-state index contributed by atoms with van der Waals surface area (Å²) < 4.78 is 7.47. The van der Waals surface area contributed by atoms with Gasteiger partial charge in [0.2, 0.25) is 0 Å². The molecule has 0 atom stereocenters. The molecule has 150 valence electrons. The molecule has 1 fully saturated rings. The van der Waals surface area contributed by atoms with Gasteiger partial charge >= 0.3 is 0 Å². The fourth-order valence-corrected chi connectivity index (χ4v) is 4.86. The van der Waals surface area contributed by atoms with E-state index in [0.29, 0.717) is 12.4 Å². The summed E-state index contributed by atoms with van der Waals surface area (Å²) in [6, 6.07) is 14.0. The number of nitriles is 1. The third-order valence-corrected chi connectivity index (χ3v) is 6.03. The van der Waals surface area contributed by atoms with Crippen LogP contribution in [0.25, 0.3) is 6.08 Å². The first-order valence-electron chi connectivity index (χ1n) is 9.56. The Morgan fingerprint density at radius 2 is 1.93 bits per heavy atom. The summed E-state index contributed by atoms with van der Waals surface area (Å²) in [4.78, 5) is 12.4. The van der Waals surface area contributed by atoms with Crippen LogP contribution in [-0.2, 0) is 11.4 Å². The summed E-state index contributed by atoms with van der Waals surface area (Å²) in [7, 11) is 0. The Bertz CT molecular complexity index is 950. The third-order valence-electron chi connectivity index (χ3n) is 4.85. The number of carbonyl (C=O) groups excluding carboxylic acids is 1. The highest BCUT2D eigenvalue weighted by atomic mass is 79.9. The monoisotopic (exact) mass is 516 g/mol. The van der Waals surface area contributed by atoms with Crippen molar-refractivity contribution in [3.8, 4) is 11.8 Å². The molecule has 0 unspecified atom stereocenters. The molecule has 0 radical (unpaired) electrons. The Labute approximate surface area is 188 Å². The first-order valence-corrected chi connectivity index (χ1v) is 11.1. The van der Waals surface area contributed by atoms with Gasteiger partial charge in [-0.25, -0.2) is 0 Å². The van der Waals surface area contributed by atoms with Crippen LogP contribution >= 0.6 is 31.9 Å².